The molecule has 3 heteroatoms. The first kappa shape index (κ1) is 13.9. The Kier molecular flexibility index (Phi) is 4.56. The van der Waals surface area contributed by atoms with Crippen LogP contribution in [0.4, 0.5) is 0 Å². The monoisotopic (exact) mass is 269 g/mol. The van der Waals surface area contributed by atoms with Crippen molar-refractivity contribution in [3.05, 3.63) is 65.7 Å². The third-order valence-electron chi connectivity index (χ3n) is 2.94. The van der Waals surface area contributed by atoms with Crippen LogP contribution in [-0.2, 0) is 0 Å². The average Bonchev–Trinajstić information content (AvgIpc) is 2.53. The van der Waals surface area contributed by atoms with Gasteiger partial charge < -0.3 is 9.47 Å². The zero-order valence-electron chi connectivity index (χ0n) is 11.5. The molecule has 1 N–H and O–H groups in total. The summed E-state index contributed by atoms with van der Waals surface area (Å²) in [6, 6.07) is 14.9. The van der Waals surface area contributed by atoms with Crippen molar-refractivity contribution in [1.82, 2.24) is 0 Å². The summed E-state index contributed by atoms with van der Waals surface area (Å²) >= 11 is 0. The van der Waals surface area contributed by atoms with Crippen molar-refractivity contribution in [3.63, 3.8) is 0 Å². The summed E-state index contributed by atoms with van der Waals surface area (Å²) in [6.45, 7) is 0. The van der Waals surface area contributed by atoms with Crippen molar-refractivity contribution in [3.8, 4) is 11.5 Å². The molecule has 0 amide bonds. The van der Waals surface area contributed by atoms with Gasteiger partial charge in [-0.1, -0.05) is 12.1 Å². The normalized spacial score (nSPS) is 10.5. The van der Waals surface area contributed by atoms with Crippen molar-refractivity contribution in [2.75, 3.05) is 14.2 Å². The first-order valence-electron chi connectivity index (χ1n) is 6.25. The molecular formula is C17H17O3+. The molecule has 0 aliphatic carbocycles. The maximum Gasteiger partial charge on any atom is 0.347 e. The lowest BCUT2D eigenvalue weighted by molar-refractivity contribution is 0.414. The number of methoxy groups -OCH3 is 2. The van der Waals surface area contributed by atoms with E-state index < -0.39 is 0 Å². The molecule has 2 rings (SSSR count). The molecule has 0 bridgehead atoms. The zero-order valence-corrected chi connectivity index (χ0v) is 11.5. The van der Waals surface area contributed by atoms with Gasteiger partial charge in [-0.15, -0.1) is 0 Å². The van der Waals surface area contributed by atoms with Gasteiger partial charge in [0.1, 0.15) is 11.5 Å². The van der Waals surface area contributed by atoms with Crippen molar-refractivity contribution in [2.24, 2.45) is 0 Å². The van der Waals surface area contributed by atoms with Crippen LogP contribution in [0.5, 0.6) is 11.5 Å². The van der Waals surface area contributed by atoms with Crippen LogP contribution in [0.2, 0.25) is 0 Å². The van der Waals surface area contributed by atoms with Crippen LogP contribution in [0.3, 0.4) is 0 Å². The SMILES string of the molecule is COc1ccc(/C=C/C(=[OH+])c2ccc(OC)cc2)cc1. The maximum absolute atomic E-state index is 10.0. The van der Waals surface area contributed by atoms with Crippen molar-refractivity contribution in [2.45, 2.75) is 0 Å². The Morgan fingerprint density at radius 3 is 1.85 bits per heavy atom. The standard InChI is InChI=1S/C17H16O3/c1-19-15-8-3-13(4-9-15)5-12-17(18)14-6-10-16(20-2)11-7-14/h3-12H,1-2H3/p+1/b12-5+. The number of benzene rings is 2. The van der Waals surface area contributed by atoms with Crippen LogP contribution < -0.4 is 9.47 Å². The van der Waals surface area contributed by atoms with Gasteiger partial charge in [-0.25, -0.2) is 0 Å². The molecule has 3 nitrogen and oxygen atoms in total. The van der Waals surface area contributed by atoms with Crippen LogP contribution in [0.25, 0.3) is 6.08 Å². The van der Waals surface area contributed by atoms with Crippen molar-refractivity contribution in [1.29, 1.82) is 0 Å². The maximum atomic E-state index is 10.0. The molecule has 0 radical (unpaired) electrons. The molecule has 0 heterocycles. The topological polar surface area (TPSA) is 39.9 Å². The largest absolute Gasteiger partial charge is 0.497 e. The Bertz CT molecular complexity index is 595. The number of hydrogen-bond donors (Lipinski definition) is 0. The van der Waals surface area contributed by atoms with Gasteiger partial charge >= 0.3 is 5.78 Å². The van der Waals surface area contributed by atoms with Crippen LogP contribution in [0, 0.1) is 0 Å². The number of ketones is 1. The summed E-state index contributed by atoms with van der Waals surface area (Å²) in [5.41, 5.74) is 1.74. The lowest BCUT2D eigenvalue weighted by Gasteiger charge is -1.99. The molecule has 0 saturated heterocycles. The van der Waals surface area contributed by atoms with Gasteiger partial charge in [0.05, 0.1) is 19.8 Å². The summed E-state index contributed by atoms with van der Waals surface area (Å²) in [5, 5.41) is 0. The van der Waals surface area contributed by atoms with Crippen LogP contribution >= 0.6 is 0 Å². The fraction of sp³-hybridized carbons (Fsp3) is 0.118. The van der Waals surface area contributed by atoms with E-state index in [1.807, 2.05) is 54.6 Å². The van der Waals surface area contributed by atoms with Gasteiger partial charge in [-0.2, -0.15) is 0 Å². The van der Waals surface area contributed by atoms with Crippen LogP contribution in [0.1, 0.15) is 11.1 Å². The molecule has 20 heavy (non-hydrogen) atoms. The lowest BCUT2D eigenvalue weighted by Crippen LogP contribution is -1.95. The number of ether oxygens (including phenoxy) is 2. The molecule has 102 valence electrons. The minimum Gasteiger partial charge on any atom is -0.497 e. The van der Waals surface area contributed by atoms with E-state index in [2.05, 4.69) is 0 Å². The summed E-state index contributed by atoms with van der Waals surface area (Å²) in [5.74, 6) is 1.79. The quantitative estimate of drug-likeness (QED) is 0.474. The summed E-state index contributed by atoms with van der Waals surface area (Å²) in [7, 11) is 3.25. The van der Waals surface area contributed by atoms with Crippen LogP contribution in [-0.4, -0.2) is 24.8 Å². The van der Waals surface area contributed by atoms with Gasteiger partial charge in [0.25, 0.3) is 0 Å². The second kappa shape index (κ2) is 6.57. The molecule has 0 atom stereocenters. The second-order valence-corrected chi connectivity index (χ2v) is 4.22. The number of hydrogen-bond acceptors (Lipinski definition) is 2. The van der Waals surface area contributed by atoms with Gasteiger partial charge in [0, 0.05) is 6.08 Å². The van der Waals surface area contributed by atoms with E-state index in [1.165, 1.54) is 0 Å². The third-order valence-corrected chi connectivity index (χ3v) is 2.94. The van der Waals surface area contributed by atoms with Gasteiger partial charge in [0.2, 0.25) is 0 Å². The molecule has 0 saturated carbocycles. The first-order chi connectivity index (χ1) is 9.72. The number of rotatable bonds is 5. The fourth-order valence-corrected chi connectivity index (χ4v) is 1.75. The summed E-state index contributed by atoms with van der Waals surface area (Å²) in [4.78, 5) is 10.0. The molecule has 0 aromatic heterocycles. The third kappa shape index (κ3) is 3.48. The summed E-state index contributed by atoms with van der Waals surface area (Å²) in [6.07, 6.45) is 3.52. The Hall–Kier alpha value is -2.55. The molecule has 0 aliphatic rings. The fourth-order valence-electron chi connectivity index (χ4n) is 1.75. The van der Waals surface area contributed by atoms with E-state index in [9.17, 15) is 4.79 Å². The minimum atomic E-state index is 0.212. The highest BCUT2D eigenvalue weighted by Gasteiger charge is 2.07. The van der Waals surface area contributed by atoms with Gasteiger partial charge in [-0.05, 0) is 48.0 Å². The molecule has 0 unspecified atom stereocenters. The molecule has 2 aromatic rings. The molecule has 0 spiro atoms. The molecular weight excluding hydrogens is 252 g/mol. The zero-order chi connectivity index (χ0) is 14.4. The van der Waals surface area contributed by atoms with Crippen molar-refractivity contribution >= 4 is 11.9 Å². The Morgan fingerprint density at radius 1 is 0.850 bits per heavy atom. The Balaban J connectivity index is 2.07. The van der Waals surface area contributed by atoms with E-state index in [1.54, 1.807) is 20.3 Å². The minimum absolute atomic E-state index is 0.212. The van der Waals surface area contributed by atoms with E-state index in [0.29, 0.717) is 0 Å². The van der Waals surface area contributed by atoms with Crippen LogP contribution in [0.15, 0.2) is 54.6 Å². The average molecular weight is 269 g/mol. The predicted molar refractivity (Wildman–Crippen MR) is 81.1 cm³/mol. The molecule has 0 aliphatic heterocycles. The Morgan fingerprint density at radius 2 is 1.35 bits per heavy atom. The second-order valence-electron chi connectivity index (χ2n) is 4.22. The highest BCUT2D eigenvalue weighted by atomic mass is 16.5. The predicted octanol–water partition coefficient (Wildman–Crippen LogP) is 3.31. The van der Waals surface area contributed by atoms with E-state index >= 15 is 0 Å². The number of allylic oxidation sites excluding steroid dienone is 1. The van der Waals surface area contributed by atoms with Crippen molar-refractivity contribution < 1.29 is 14.3 Å². The van der Waals surface area contributed by atoms with Gasteiger partial charge in [-0.3, -0.25) is 4.79 Å². The lowest BCUT2D eigenvalue weighted by atomic mass is 10.1. The smallest absolute Gasteiger partial charge is 0.347 e. The molecule has 2 aromatic carbocycles. The van der Waals surface area contributed by atoms with Gasteiger partial charge in [0.15, 0.2) is 0 Å². The molecule has 0 fully saturated rings. The van der Waals surface area contributed by atoms with E-state index in [0.717, 1.165) is 22.6 Å². The Labute approximate surface area is 118 Å². The van der Waals surface area contributed by atoms with E-state index in [-0.39, 0.29) is 5.78 Å². The first-order valence-corrected chi connectivity index (χ1v) is 6.25. The number of carbonyl (C=O) groups excluding carboxylic acids is 1. The highest BCUT2D eigenvalue weighted by molar-refractivity contribution is 6.07. The summed E-state index contributed by atoms with van der Waals surface area (Å²) < 4.78 is 10.2. The highest BCUT2D eigenvalue weighted by Crippen LogP contribution is 2.14. The van der Waals surface area contributed by atoms with E-state index in [4.69, 9.17) is 9.47 Å².